The summed E-state index contributed by atoms with van der Waals surface area (Å²) in [5.41, 5.74) is 3.87. The first-order valence-corrected chi connectivity index (χ1v) is 13.2. The van der Waals surface area contributed by atoms with Gasteiger partial charge in [0.1, 0.15) is 0 Å². The van der Waals surface area contributed by atoms with Gasteiger partial charge in [-0.25, -0.2) is 0 Å². The second-order valence-corrected chi connectivity index (χ2v) is 9.80. The fraction of sp³-hybridized carbons (Fsp3) is 0.621. The predicted molar refractivity (Wildman–Crippen MR) is 135 cm³/mol. The molecule has 0 atom stereocenters. The molecule has 0 saturated heterocycles. The van der Waals surface area contributed by atoms with Crippen LogP contribution in [0, 0.1) is 6.92 Å². The van der Waals surface area contributed by atoms with Crippen molar-refractivity contribution in [1.82, 2.24) is 9.47 Å². The third kappa shape index (κ3) is 7.83. The first-order valence-electron chi connectivity index (χ1n) is 13.2. The van der Waals surface area contributed by atoms with Crippen LogP contribution < -0.4 is 0 Å². The van der Waals surface area contributed by atoms with Crippen LogP contribution >= 0.6 is 0 Å². The lowest BCUT2D eigenvalue weighted by molar-refractivity contribution is -0.135. The molecule has 1 amide bonds. The number of hydrogen-bond acceptors (Lipinski definition) is 1. The van der Waals surface area contributed by atoms with E-state index in [0.717, 1.165) is 19.5 Å². The maximum absolute atomic E-state index is 13.3. The van der Waals surface area contributed by atoms with E-state index >= 15 is 0 Å². The highest BCUT2D eigenvalue weighted by Crippen LogP contribution is 2.26. The topological polar surface area (TPSA) is 25.2 Å². The van der Waals surface area contributed by atoms with Crippen LogP contribution in [0.2, 0.25) is 0 Å². The summed E-state index contributed by atoms with van der Waals surface area (Å²) in [7, 11) is 0. The maximum atomic E-state index is 13.3. The van der Waals surface area contributed by atoms with Gasteiger partial charge in [-0.1, -0.05) is 94.5 Å². The highest BCUT2D eigenvalue weighted by Gasteiger charge is 2.26. The second kappa shape index (κ2) is 13.5. The molecule has 0 aliphatic heterocycles. The lowest BCUT2D eigenvalue weighted by Crippen LogP contribution is -2.41. The quantitative estimate of drug-likeness (QED) is 0.296. The molecule has 176 valence electrons. The zero-order valence-electron chi connectivity index (χ0n) is 20.5. The smallest absolute Gasteiger partial charge is 0.223 e. The molecule has 0 N–H and O–H groups in total. The summed E-state index contributed by atoms with van der Waals surface area (Å²) in [5.74, 6) is 0.369. The Morgan fingerprint density at radius 2 is 1.72 bits per heavy atom. The summed E-state index contributed by atoms with van der Waals surface area (Å²) in [6.45, 7) is 6.02. The van der Waals surface area contributed by atoms with Crippen molar-refractivity contribution in [3.8, 4) is 0 Å². The van der Waals surface area contributed by atoms with E-state index < -0.39 is 0 Å². The fourth-order valence-electron chi connectivity index (χ4n) is 5.12. The summed E-state index contributed by atoms with van der Waals surface area (Å²) in [6.07, 6.45) is 17.9. The monoisotopic (exact) mass is 436 g/mol. The van der Waals surface area contributed by atoms with Crippen LogP contribution in [0.25, 0.3) is 0 Å². The SMILES string of the molecule is CCCCCCCCCC(=O)N(Cc1cccn1Cc1cccc(C)c1)C1CCCCC1. The lowest BCUT2D eigenvalue weighted by Gasteiger charge is -2.35. The minimum Gasteiger partial charge on any atom is -0.345 e. The van der Waals surface area contributed by atoms with Gasteiger partial charge in [-0.2, -0.15) is 0 Å². The van der Waals surface area contributed by atoms with Crippen LogP contribution in [-0.4, -0.2) is 21.4 Å². The first-order chi connectivity index (χ1) is 15.7. The predicted octanol–water partition coefficient (Wildman–Crippen LogP) is 7.65. The van der Waals surface area contributed by atoms with Gasteiger partial charge in [-0.3, -0.25) is 4.79 Å². The van der Waals surface area contributed by atoms with E-state index in [9.17, 15) is 4.79 Å². The van der Waals surface area contributed by atoms with Crippen LogP contribution in [0.4, 0.5) is 0 Å². The number of aryl methyl sites for hydroxylation is 1. The Bertz CT molecular complexity index is 803. The molecule has 1 heterocycles. The summed E-state index contributed by atoms with van der Waals surface area (Å²) in [4.78, 5) is 15.6. The van der Waals surface area contributed by atoms with E-state index in [1.165, 1.54) is 87.4 Å². The highest BCUT2D eigenvalue weighted by molar-refractivity contribution is 5.76. The molecular formula is C29H44N2O. The number of unbranched alkanes of at least 4 members (excludes halogenated alkanes) is 6. The number of rotatable bonds is 13. The van der Waals surface area contributed by atoms with E-state index in [-0.39, 0.29) is 0 Å². The molecule has 1 aromatic carbocycles. The molecule has 2 aromatic rings. The summed E-state index contributed by atoms with van der Waals surface area (Å²) in [5, 5.41) is 0. The van der Waals surface area contributed by atoms with E-state index in [1.807, 2.05) is 0 Å². The molecule has 0 radical (unpaired) electrons. The van der Waals surface area contributed by atoms with Crippen molar-refractivity contribution in [3.05, 3.63) is 59.4 Å². The Morgan fingerprint density at radius 3 is 2.47 bits per heavy atom. The number of carbonyl (C=O) groups excluding carboxylic acids is 1. The van der Waals surface area contributed by atoms with E-state index in [4.69, 9.17) is 0 Å². The fourth-order valence-corrected chi connectivity index (χ4v) is 5.12. The highest BCUT2D eigenvalue weighted by atomic mass is 16.2. The van der Waals surface area contributed by atoms with Gasteiger partial charge in [0, 0.05) is 30.9 Å². The Balaban J connectivity index is 1.60. The number of carbonyl (C=O) groups is 1. The first kappa shape index (κ1) is 24.6. The summed E-state index contributed by atoms with van der Waals surface area (Å²) >= 11 is 0. The molecule has 0 unspecified atom stereocenters. The minimum absolute atomic E-state index is 0.369. The van der Waals surface area contributed by atoms with Crippen molar-refractivity contribution < 1.29 is 4.79 Å². The van der Waals surface area contributed by atoms with Crippen molar-refractivity contribution in [2.24, 2.45) is 0 Å². The molecule has 32 heavy (non-hydrogen) atoms. The van der Waals surface area contributed by atoms with E-state index in [1.54, 1.807) is 0 Å². The van der Waals surface area contributed by atoms with Crippen LogP contribution in [0.5, 0.6) is 0 Å². The zero-order valence-corrected chi connectivity index (χ0v) is 20.5. The van der Waals surface area contributed by atoms with Crippen LogP contribution in [0.3, 0.4) is 0 Å². The maximum Gasteiger partial charge on any atom is 0.223 e. The number of amides is 1. The van der Waals surface area contributed by atoms with Crippen molar-refractivity contribution in [2.75, 3.05) is 0 Å². The largest absolute Gasteiger partial charge is 0.345 e. The molecule has 3 nitrogen and oxygen atoms in total. The summed E-state index contributed by atoms with van der Waals surface area (Å²) in [6, 6.07) is 13.5. The third-order valence-corrected chi connectivity index (χ3v) is 7.02. The van der Waals surface area contributed by atoms with Gasteiger partial charge in [0.25, 0.3) is 0 Å². The van der Waals surface area contributed by atoms with Crippen molar-refractivity contribution in [1.29, 1.82) is 0 Å². The van der Waals surface area contributed by atoms with E-state index in [2.05, 4.69) is 65.9 Å². The molecular weight excluding hydrogens is 392 g/mol. The molecule has 0 spiro atoms. The summed E-state index contributed by atoms with van der Waals surface area (Å²) < 4.78 is 2.33. The second-order valence-electron chi connectivity index (χ2n) is 9.80. The van der Waals surface area contributed by atoms with Crippen molar-refractivity contribution in [3.63, 3.8) is 0 Å². The molecule has 1 aromatic heterocycles. The Morgan fingerprint density at radius 1 is 0.969 bits per heavy atom. The average molecular weight is 437 g/mol. The van der Waals surface area contributed by atoms with Crippen molar-refractivity contribution in [2.45, 2.75) is 116 Å². The third-order valence-electron chi connectivity index (χ3n) is 7.02. The van der Waals surface area contributed by atoms with Gasteiger partial charge in [-0.15, -0.1) is 0 Å². The van der Waals surface area contributed by atoms with Gasteiger partial charge in [-0.05, 0) is 43.9 Å². The minimum atomic E-state index is 0.369. The van der Waals surface area contributed by atoms with Crippen LogP contribution in [0.1, 0.15) is 107 Å². The number of aromatic nitrogens is 1. The number of hydrogen-bond donors (Lipinski definition) is 0. The van der Waals surface area contributed by atoms with Gasteiger partial charge in [0.15, 0.2) is 0 Å². The Hall–Kier alpha value is -2.03. The molecule has 0 bridgehead atoms. The normalized spacial score (nSPS) is 14.6. The number of benzene rings is 1. The Labute approximate surface area is 196 Å². The van der Waals surface area contributed by atoms with Crippen LogP contribution in [-0.2, 0) is 17.9 Å². The molecule has 1 aliphatic carbocycles. The van der Waals surface area contributed by atoms with Crippen LogP contribution in [0.15, 0.2) is 42.6 Å². The average Bonchev–Trinajstić information content (AvgIpc) is 3.24. The molecule has 1 fully saturated rings. The lowest BCUT2D eigenvalue weighted by atomic mass is 9.93. The van der Waals surface area contributed by atoms with Crippen molar-refractivity contribution >= 4 is 5.91 Å². The number of nitrogens with zero attached hydrogens (tertiary/aromatic N) is 2. The molecule has 1 saturated carbocycles. The standard InChI is InChI=1S/C29H44N2O/c1-3-4-5-6-7-8-12-20-29(32)31(27-17-10-9-11-18-27)24-28-19-14-21-30(28)23-26-16-13-15-25(2)22-26/h13-16,19,21-22,27H,3-12,17-18,20,23-24H2,1-2H3. The van der Waals surface area contributed by atoms with Gasteiger partial charge in [0.05, 0.1) is 6.54 Å². The van der Waals surface area contributed by atoms with Gasteiger partial charge < -0.3 is 9.47 Å². The van der Waals surface area contributed by atoms with Gasteiger partial charge >= 0.3 is 0 Å². The van der Waals surface area contributed by atoms with E-state index in [0.29, 0.717) is 18.4 Å². The molecule has 3 rings (SSSR count). The molecule has 1 aliphatic rings. The zero-order chi connectivity index (χ0) is 22.6. The molecule has 3 heteroatoms. The van der Waals surface area contributed by atoms with Gasteiger partial charge in [0.2, 0.25) is 5.91 Å². The Kier molecular flexibility index (Phi) is 10.4.